The van der Waals surface area contributed by atoms with Crippen molar-refractivity contribution in [3.05, 3.63) is 53.3 Å². The van der Waals surface area contributed by atoms with Crippen LogP contribution < -0.4 is 5.73 Å². The van der Waals surface area contributed by atoms with Gasteiger partial charge < -0.3 is 5.73 Å². The number of fused-ring (bicyclic) bond motifs is 1. The lowest BCUT2D eigenvalue weighted by molar-refractivity contribution is 0.583. The third-order valence-electron chi connectivity index (χ3n) is 5.13. The van der Waals surface area contributed by atoms with Gasteiger partial charge >= 0.3 is 0 Å². The van der Waals surface area contributed by atoms with Gasteiger partial charge in [0, 0.05) is 5.69 Å². The molecule has 5 nitrogen and oxygen atoms in total. The molecule has 2 N–H and O–H groups in total. The van der Waals surface area contributed by atoms with Gasteiger partial charge in [-0.15, -0.1) is 0 Å². The summed E-state index contributed by atoms with van der Waals surface area (Å²) < 4.78 is 28.9. The van der Waals surface area contributed by atoms with Crippen LogP contribution in [0.15, 0.2) is 41.6 Å². The summed E-state index contributed by atoms with van der Waals surface area (Å²) in [5, 5.41) is 0. The summed E-state index contributed by atoms with van der Waals surface area (Å²) in [5.74, 6) is 0.474. The number of benzene rings is 2. The topological polar surface area (TPSA) is 78.0 Å². The standard InChI is InChI=1S/C22H29N3O2S/c1-13(2)16-9-18(14(3)4)22(19(10-16)15(5)6)28(26,27)25-12-24-20-11-17(23)7-8-21(20)25/h7-15H,23H2,1-6H3. The summed E-state index contributed by atoms with van der Waals surface area (Å²) in [6.07, 6.45) is 1.38. The van der Waals surface area contributed by atoms with E-state index in [1.54, 1.807) is 18.2 Å². The van der Waals surface area contributed by atoms with E-state index in [4.69, 9.17) is 5.73 Å². The van der Waals surface area contributed by atoms with E-state index in [2.05, 4.69) is 18.8 Å². The van der Waals surface area contributed by atoms with Crippen molar-refractivity contribution in [2.45, 2.75) is 64.2 Å². The molecule has 150 valence electrons. The van der Waals surface area contributed by atoms with Crippen LogP contribution in [-0.2, 0) is 10.0 Å². The summed E-state index contributed by atoms with van der Waals surface area (Å²) in [5.41, 5.74) is 10.4. The highest BCUT2D eigenvalue weighted by Crippen LogP contribution is 2.37. The van der Waals surface area contributed by atoms with Gasteiger partial charge in [-0.2, -0.15) is 0 Å². The van der Waals surface area contributed by atoms with Crippen molar-refractivity contribution in [2.75, 3.05) is 5.73 Å². The maximum atomic E-state index is 13.8. The highest BCUT2D eigenvalue weighted by Gasteiger charge is 2.29. The average molecular weight is 400 g/mol. The van der Waals surface area contributed by atoms with Crippen molar-refractivity contribution in [2.24, 2.45) is 0 Å². The van der Waals surface area contributed by atoms with Crippen LogP contribution >= 0.6 is 0 Å². The second-order valence-electron chi connectivity index (χ2n) is 8.29. The van der Waals surface area contributed by atoms with Crippen molar-refractivity contribution in [1.82, 2.24) is 8.96 Å². The first kappa shape index (κ1) is 20.4. The number of hydrogen-bond acceptors (Lipinski definition) is 4. The van der Waals surface area contributed by atoms with Crippen molar-refractivity contribution >= 4 is 26.7 Å². The van der Waals surface area contributed by atoms with Gasteiger partial charge in [-0.25, -0.2) is 17.4 Å². The third-order valence-corrected chi connectivity index (χ3v) is 6.93. The lowest BCUT2D eigenvalue weighted by Gasteiger charge is -2.23. The van der Waals surface area contributed by atoms with E-state index in [-0.39, 0.29) is 11.8 Å². The van der Waals surface area contributed by atoms with Gasteiger partial charge in [0.2, 0.25) is 0 Å². The summed E-state index contributed by atoms with van der Waals surface area (Å²) >= 11 is 0. The van der Waals surface area contributed by atoms with Crippen LogP contribution in [0, 0.1) is 0 Å². The van der Waals surface area contributed by atoms with Crippen LogP contribution in [0.3, 0.4) is 0 Å². The maximum absolute atomic E-state index is 13.8. The number of hydrogen-bond donors (Lipinski definition) is 1. The second-order valence-corrected chi connectivity index (χ2v) is 10.0. The molecule has 0 fully saturated rings. The predicted octanol–water partition coefficient (Wildman–Crippen LogP) is 5.23. The van der Waals surface area contributed by atoms with Crippen molar-refractivity contribution in [1.29, 1.82) is 0 Å². The molecule has 0 atom stereocenters. The molecule has 0 bridgehead atoms. The van der Waals surface area contributed by atoms with Crippen molar-refractivity contribution < 1.29 is 8.42 Å². The number of nitrogens with zero attached hydrogens (tertiary/aromatic N) is 2. The highest BCUT2D eigenvalue weighted by atomic mass is 32.2. The lowest BCUT2D eigenvalue weighted by Crippen LogP contribution is -2.18. The minimum Gasteiger partial charge on any atom is -0.399 e. The molecule has 2 aromatic carbocycles. The zero-order chi connectivity index (χ0) is 20.8. The fourth-order valence-corrected chi connectivity index (χ4v) is 5.45. The van der Waals surface area contributed by atoms with Gasteiger partial charge in [0.1, 0.15) is 6.33 Å². The van der Waals surface area contributed by atoms with E-state index in [0.717, 1.165) is 16.7 Å². The normalized spacial score (nSPS) is 12.6. The Hall–Kier alpha value is -2.34. The molecule has 0 aliphatic heterocycles. The van der Waals surface area contributed by atoms with Crippen molar-refractivity contribution in [3.63, 3.8) is 0 Å². The molecular formula is C22H29N3O2S. The molecule has 0 amide bonds. The Morgan fingerprint density at radius 3 is 1.96 bits per heavy atom. The summed E-state index contributed by atoms with van der Waals surface area (Å²) in [6, 6.07) is 9.19. The van der Waals surface area contributed by atoms with Crippen molar-refractivity contribution in [3.8, 4) is 0 Å². The number of imidazole rings is 1. The SMILES string of the molecule is CC(C)c1cc(C(C)C)c(S(=O)(=O)n2cnc3cc(N)ccc32)c(C(C)C)c1. The van der Waals surface area contributed by atoms with Gasteiger partial charge in [0.15, 0.2) is 0 Å². The van der Waals surface area contributed by atoms with Crippen LogP contribution in [0.1, 0.15) is 76.0 Å². The molecule has 0 radical (unpaired) electrons. The average Bonchev–Trinajstić information content (AvgIpc) is 3.03. The number of nitrogens with two attached hydrogens (primary N) is 1. The Morgan fingerprint density at radius 1 is 0.893 bits per heavy atom. The van der Waals surface area contributed by atoms with Gasteiger partial charge in [-0.1, -0.05) is 53.7 Å². The first-order chi connectivity index (χ1) is 13.0. The molecule has 1 aromatic heterocycles. The van der Waals surface area contributed by atoms with E-state index in [9.17, 15) is 8.42 Å². The molecule has 0 saturated carbocycles. The van der Waals surface area contributed by atoms with E-state index in [1.165, 1.54) is 10.3 Å². The van der Waals surface area contributed by atoms with Gasteiger partial charge in [0.05, 0.1) is 15.9 Å². The number of nitrogen functional groups attached to an aromatic ring is 1. The second kappa shape index (κ2) is 7.24. The number of rotatable bonds is 5. The predicted molar refractivity (Wildman–Crippen MR) is 115 cm³/mol. The Labute approximate surface area is 167 Å². The molecule has 0 spiro atoms. The van der Waals surface area contributed by atoms with E-state index in [0.29, 0.717) is 27.5 Å². The Kier molecular flexibility index (Phi) is 5.28. The van der Waals surface area contributed by atoms with E-state index < -0.39 is 10.0 Å². The molecule has 3 rings (SSSR count). The number of aromatic nitrogens is 2. The zero-order valence-electron chi connectivity index (χ0n) is 17.4. The molecule has 0 aliphatic rings. The zero-order valence-corrected chi connectivity index (χ0v) is 18.2. The largest absolute Gasteiger partial charge is 0.399 e. The first-order valence-corrected chi connectivity index (χ1v) is 11.1. The molecular weight excluding hydrogens is 370 g/mol. The first-order valence-electron chi connectivity index (χ1n) is 9.70. The fraction of sp³-hybridized carbons (Fsp3) is 0.409. The van der Waals surface area contributed by atoms with E-state index in [1.807, 2.05) is 39.8 Å². The molecule has 28 heavy (non-hydrogen) atoms. The molecule has 0 aliphatic carbocycles. The summed E-state index contributed by atoms with van der Waals surface area (Å²) in [4.78, 5) is 4.67. The molecule has 1 heterocycles. The highest BCUT2D eigenvalue weighted by molar-refractivity contribution is 7.90. The summed E-state index contributed by atoms with van der Waals surface area (Å²) in [7, 11) is -3.82. The quantitative estimate of drug-likeness (QED) is 0.596. The fourth-order valence-electron chi connectivity index (χ4n) is 3.48. The van der Waals surface area contributed by atoms with Gasteiger partial charge in [-0.3, -0.25) is 0 Å². The molecule has 0 unspecified atom stereocenters. The maximum Gasteiger partial charge on any atom is 0.270 e. The lowest BCUT2D eigenvalue weighted by atomic mass is 9.89. The van der Waals surface area contributed by atoms with Crippen LogP contribution in [0.5, 0.6) is 0 Å². The van der Waals surface area contributed by atoms with Crippen LogP contribution in [0.25, 0.3) is 11.0 Å². The van der Waals surface area contributed by atoms with Gasteiger partial charge in [0.25, 0.3) is 10.0 Å². The van der Waals surface area contributed by atoms with Crippen LogP contribution in [0.4, 0.5) is 5.69 Å². The van der Waals surface area contributed by atoms with Gasteiger partial charge in [-0.05, 0) is 52.6 Å². The minimum atomic E-state index is -3.82. The van der Waals surface area contributed by atoms with E-state index >= 15 is 0 Å². The Morgan fingerprint density at radius 2 is 1.46 bits per heavy atom. The third kappa shape index (κ3) is 3.41. The Balaban J connectivity index is 2.37. The van der Waals surface area contributed by atoms with Crippen LogP contribution in [-0.4, -0.2) is 17.4 Å². The molecule has 0 saturated heterocycles. The molecule has 6 heteroatoms. The number of anilines is 1. The minimum absolute atomic E-state index is 0.0754. The molecule has 3 aromatic rings. The Bertz CT molecular complexity index is 1100. The monoisotopic (exact) mass is 399 g/mol. The van der Waals surface area contributed by atoms with Crippen LogP contribution in [0.2, 0.25) is 0 Å². The summed E-state index contributed by atoms with van der Waals surface area (Å²) in [6.45, 7) is 12.4. The smallest absolute Gasteiger partial charge is 0.270 e.